The zero-order valence-corrected chi connectivity index (χ0v) is 13.4. The van der Waals surface area contributed by atoms with Crippen LogP contribution < -0.4 is 10.1 Å². The Morgan fingerprint density at radius 1 is 1.25 bits per heavy atom. The van der Waals surface area contributed by atoms with Crippen LogP contribution in [0.2, 0.25) is 5.02 Å². The zero-order chi connectivity index (χ0) is 14.7. The molecule has 2 aromatic carbocycles. The summed E-state index contributed by atoms with van der Waals surface area (Å²) < 4.78 is 6.16. The van der Waals surface area contributed by atoms with Gasteiger partial charge in [-0.2, -0.15) is 0 Å². The number of amides is 1. The average Bonchev–Trinajstić information content (AvgIpc) is 2.43. The van der Waals surface area contributed by atoms with E-state index in [1.807, 2.05) is 19.1 Å². The second-order valence-electron chi connectivity index (χ2n) is 4.26. The largest absolute Gasteiger partial charge is 0.495 e. The Bertz CT molecular complexity index is 641. The predicted octanol–water partition coefficient (Wildman–Crippen LogP) is 4.67. The summed E-state index contributed by atoms with van der Waals surface area (Å²) in [6.45, 7) is 1.87. The minimum absolute atomic E-state index is 0.197. The minimum atomic E-state index is -0.197. The third kappa shape index (κ3) is 3.32. The lowest BCUT2D eigenvalue weighted by Gasteiger charge is -2.12. The van der Waals surface area contributed by atoms with E-state index in [-0.39, 0.29) is 5.91 Å². The van der Waals surface area contributed by atoms with Gasteiger partial charge in [0.25, 0.3) is 5.91 Å². The van der Waals surface area contributed by atoms with Crippen LogP contribution in [-0.4, -0.2) is 13.0 Å². The second-order valence-corrected chi connectivity index (χ2v) is 5.59. The van der Waals surface area contributed by atoms with Gasteiger partial charge in [-0.15, -0.1) is 0 Å². The molecule has 0 aliphatic rings. The second kappa shape index (κ2) is 6.29. The van der Waals surface area contributed by atoms with Crippen molar-refractivity contribution in [2.75, 3.05) is 12.4 Å². The molecule has 0 atom stereocenters. The number of rotatable bonds is 3. The number of aryl methyl sites for hydroxylation is 1. The molecule has 5 heteroatoms. The molecule has 1 amide bonds. The number of nitrogens with one attached hydrogen (secondary N) is 1. The van der Waals surface area contributed by atoms with Crippen molar-refractivity contribution in [3.8, 4) is 5.75 Å². The van der Waals surface area contributed by atoms with Crippen LogP contribution in [0.4, 0.5) is 5.69 Å². The number of ether oxygens (including phenoxy) is 1. The van der Waals surface area contributed by atoms with Crippen LogP contribution in [0.3, 0.4) is 0 Å². The van der Waals surface area contributed by atoms with Crippen molar-refractivity contribution in [1.82, 2.24) is 0 Å². The number of methoxy groups -OCH3 is 1. The predicted molar refractivity (Wildman–Crippen MR) is 84.8 cm³/mol. The van der Waals surface area contributed by atoms with Crippen molar-refractivity contribution in [1.29, 1.82) is 0 Å². The molecule has 0 radical (unpaired) electrons. The Hall–Kier alpha value is -1.52. The van der Waals surface area contributed by atoms with Crippen molar-refractivity contribution < 1.29 is 9.53 Å². The molecule has 0 aliphatic carbocycles. The maximum absolute atomic E-state index is 12.2. The van der Waals surface area contributed by atoms with Gasteiger partial charge in [0.1, 0.15) is 5.75 Å². The Kier molecular flexibility index (Phi) is 4.68. The standard InChI is InChI=1S/C15H13BrClNO2/c1-9-7-13(14(20-2)8-12(9)17)18-15(19)10-3-5-11(16)6-4-10/h3-8H,1-2H3,(H,18,19). The molecule has 2 rings (SSSR count). The lowest BCUT2D eigenvalue weighted by Crippen LogP contribution is -2.12. The SMILES string of the molecule is COc1cc(Cl)c(C)cc1NC(=O)c1ccc(Br)cc1. The van der Waals surface area contributed by atoms with Crippen LogP contribution in [0.1, 0.15) is 15.9 Å². The molecular formula is C15H13BrClNO2. The number of carbonyl (C=O) groups excluding carboxylic acids is 1. The summed E-state index contributed by atoms with van der Waals surface area (Å²) in [5.74, 6) is 0.337. The van der Waals surface area contributed by atoms with E-state index in [2.05, 4.69) is 21.2 Å². The lowest BCUT2D eigenvalue weighted by molar-refractivity contribution is 0.102. The summed E-state index contributed by atoms with van der Waals surface area (Å²) in [5.41, 5.74) is 2.05. The van der Waals surface area contributed by atoms with E-state index < -0.39 is 0 Å². The van der Waals surface area contributed by atoms with Gasteiger partial charge in [-0.25, -0.2) is 0 Å². The zero-order valence-electron chi connectivity index (χ0n) is 11.0. The Morgan fingerprint density at radius 3 is 2.50 bits per heavy atom. The van der Waals surface area contributed by atoms with Crippen LogP contribution in [0.5, 0.6) is 5.75 Å². The highest BCUT2D eigenvalue weighted by atomic mass is 79.9. The summed E-state index contributed by atoms with van der Waals surface area (Å²) in [6, 6.07) is 10.6. The molecule has 20 heavy (non-hydrogen) atoms. The molecule has 3 nitrogen and oxygen atoms in total. The molecule has 0 aromatic heterocycles. The number of hydrogen-bond donors (Lipinski definition) is 1. The van der Waals surface area contributed by atoms with Crippen molar-refractivity contribution in [2.45, 2.75) is 6.92 Å². The van der Waals surface area contributed by atoms with E-state index in [1.165, 1.54) is 7.11 Å². The lowest BCUT2D eigenvalue weighted by atomic mass is 10.1. The molecule has 0 aliphatic heterocycles. The molecule has 0 bridgehead atoms. The molecule has 1 N–H and O–H groups in total. The van der Waals surface area contributed by atoms with Gasteiger partial charge < -0.3 is 10.1 Å². The molecular weight excluding hydrogens is 342 g/mol. The van der Waals surface area contributed by atoms with Crippen LogP contribution >= 0.6 is 27.5 Å². The first-order chi connectivity index (χ1) is 9.51. The highest BCUT2D eigenvalue weighted by molar-refractivity contribution is 9.10. The first-order valence-electron chi connectivity index (χ1n) is 5.92. The average molecular weight is 355 g/mol. The number of carbonyl (C=O) groups is 1. The first-order valence-corrected chi connectivity index (χ1v) is 7.09. The Labute approximate surface area is 131 Å². The summed E-state index contributed by atoms with van der Waals surface area (Å²) in [6.07, 6.45) is 0. The third-order valence-electron chi connectivity index (χ3n) is 2.84. The maximum Gasteiger partial charge on any atom is 0.255 e. The topological polar surface area (TPSA) is 38.3 Å². The smallest absolute Gasteiger partial charge is 0.255 e. The van der Waals surface area contributed by atoms with Crippen molar-refractivity contribution in [3.05, 3.63) is 57.0 Å². The summed E-state index contributed by atoms with van der Waals surface area (Å²) in [4.78, 5) is 12.2. The highest BCUT2D eigenvalue weighted by Crippen LogP contribution is 2.31. The van der Waals surface area contributed by atoms with Gasteiger partial charge >= 0.3 is 0 Å². The van der Waals surface area contributed by atoms with Gasteiger partial charge in [0, 0.05) is 21.1 Å². The number of anilines is 1. The molecule has 0 unspecified atom stereocenters. The molecule has 2 aromatic rings. The number of halogens is 2. The molecule has 0 saturated heterocycles. The van der Waals surface area contributed by atoms with Gasteiger partial charge in [0.2, 0.25) is 0 Å². The van der Waals surface area contributed by atoms with Gasteiger partial charge in [-0.3, -0.25) is 4.79 Å². The van der Waals surface area contributed by atoms with Crippen molar-refractivity contribution in [2.24, 2.45) is 0 Å². The van der Waals surface area contributed by atoms with Crippen molar-refractivity contribution >= 4 is 39.1 Å². The van der Waals surface area contributed by atoms with Gasteiger partial charge in [-0.05, 0) is 42.8 Å². The van der Waals surface area contributed by atoms with E-state index in [0.717, 1.165) is 10.0 Å². The summed E-state index contributed by atoms with van der Waals surface area (Å²) >= 11 is 9.37. The quantitative estimate of drug-likeness (QED) is 0.869. The molecule has 0 spiro atoms. The van der Waals surface area contributed by atoms with Gasteiger partial charge in [0.15, 0.2) is 0 Å². The molecule has 0 fully saturated rings. The normalized spacial score (nSPS) is 10.2. The van der Waals surface area contributed by atoms with E-state index in [1.54, 1.807) is 24.3 Å². The highest BCUT2D eigenvalue weighted by Gasteiger charge is 2.11. The first kappa shape index (κ1) is 14.9. The van der Waals surface area contributed by atoms with Crippen LogP contribution in [0.25, 0.3) is 0 Å². The summed E-state index contributed by atoms with van der Waals surface area (Å²) in [5, 5.41) is 3.43. The monoisotopic (exact) mass is 353 g/mol. The van der Waals surface area contributed by atoms with Crippen molar-refractivity contribution in [3.63, 3.8) is 0 Å². The fourth-order valence-corrected chi connectivity index (χ4v) is 2.14. The molecule has 0 saturated carbocycles. The molecule has 104 valence electrons. The molecule has 0 heterocycles. The van der Waals surface area contributed by atoms with E-state index in [9.17, 15) is 4.79 Å². The summed E-state index contributed by atoms with van der Waals surface area (Å²) in [7, 11) is 1.54. The van der Waals surface area contributed by atoms with Crippen LogP contribution in [0.15, 0.2) is 40.9 Å². The van der Waals surface area contributed by atoms with E-state index in [0.29, 0.717) is 22.0 Å². The fourth-order valence-electron chi connectivity index (χ4n) is 1.73. The van der Waals surface area contributed by atoms with E-state index >= 15 is 0 Å². The maximum atomic E-state index is 12.2. The van der Waals surface area contributed by atoms with Crippen LogP contribution in [0, 0.1) is 6.92 Å². The van der Waals surface area contributed by atoms with Crippen LogP contribution in [-0.2, 0) is 0 Å². The van der Waals surface area contributed by atoms with E-state index in [4.69, 9.17) is 16.3 Å². The Morgan fingerprint density at radius 2 is 1.90 bits per heavy atom. The van der Waals surface area contributed by atoms with Gasteiger partial charge in [-0.1, -0.05) is 27.5 Å². The Balaban J connectivity index is 2.27. The minimum Gasteiger partial charge on any atom is -0.495 e. The number of benzene rings is 2. The fraction of sp³-hybridized carbons (Fsp3) is 0.133. The number of hydrogen-bond acceptors (Lipinski definition) is 2. The third-order valence-corrected chi connectivity index (χ3v) is 3.77. The van der Waals surface area contributed by atoms with Gasteiger partial charge in [0.05, 0.1) is 12.8 Å².